The molecule has 1 unspecified atom stereocenters. The van der Waals surface area contributed by atoms with Gasteiger partial charge in [0.2, 0.25) is 0 Å². The Morgan fingerprint density at radius 1 is 1.53 bits per heavy atom. The van der Waals surface area contributed by atoms with Crippen LogP contribution in [-0.4, -0.2) is 35.9 Å². The molecule has 0 saturated carbocycles. The van der Waals surface area contributed by atoms with E-state index in [0.717, 1.165) is 0 Å². The maximum atomic E-state index is 12.2. The molecule has 102 valence electrons. The van der Waals surface area contributed by atoms with E-state index in [9.17, 15) is 9.59 Å². The number of carbonyl (C=O) groups is 1. The largest absolute Gasteiger partial charge is 0.417 e. The zero-order chi connectivity index (χ0) is 14.0. The number of benzene rings is 1. The average Bonchev–Trinajstić information content (AvgIpc) is 2.76. The number of hydrogen-bond donors (Lipinski definition) is 2. The number of hydrogen-bond acceptors (Lipinski definition) is 4. The quantitative estimate of drug-likeness (QED) is 0.852. The summed E-state index contributed by atoms with van der Waals surface area (Å²) in [4.78, 5) is 27.4. The van der Waals surface area contributed by atoms with Gasteiger partial charge in [0.05, 0.1) is 5.52 Å². The number of aromatic amines is 1. The molecule has 0 spiro atoms. The normalized spacial score (nSPS) is 12.6. The van der Waals surface area contributed by atoms with Crippen LogP contribution in [0.15, 0.2) is 27.4 Å². The number of oxazole rings is 1. The molecule has 0 aliphatic carbocycles. The van der Waals surface area contributed by atoms with Crippen molar-refractivity contribution in [2.45, 2.75) is 6.92 Å². The molecule has 2 aromatic rings. The minimum Gasteiger partial charge on any atom is -0.408 e. The first-order valence-corrected chi connectivity index (χ1v) is 6.09. The summed E-state index contributed by atoms with van der Waals surface area (Å²) in [6.07, 6.45) is 0. The van der Waals surface area contributed by atoms with Gasteiger partial charge in [0.15, 0.2) is 5.58 Å². The molecule has 0 radical (unpaired) electrons. The molecule has 6 nitrogen and oxygen atoms in total. The number of fused-ring (bicyclic) bond motifs is 1. The highest BCUT2D eigenvalue weighted by atomic mass is 16.4. The second-order valence-electron chi connectivity index (χ2n) is 4.75. The molecule has 2 rings (SSSR count). The molecule has 3 N–H and O–H groups in total. The van der Waals surface area contributed by atoms with Crippen LogP contribution in [0.4, 0.5) is 0 Å². The number of carbonyl (C=O) groups excluding carboxylic acids is 1. The Balaban J connectivity index is 2.23. The van der Waals surface area contributed by atoms with Crippen LogP contribution >= 0.6 is 0 Å². The van der Waals surface area contributed by atoms with E-state index >= 15 is 0 Å². The predicted octanol–water partition coefficient (Wildman–Crippen LogP) is 0.788. The van der Waals surface area contributed by atoms with Crippen molar-refractivity contribution < 1.29 is 9.21 Å². The Bertz CT molecular complexity index is 644. The fourth-order valence-electron chi connectivity index (χ4n) is 1.92. The second-order valence-corrected chi connectivity index (χ2v) is 4.75. The summed E-state index contributed by atoms with van der Waals surface area (Å²) in [6.45, 7) is 3.10. The number of amides is 1. The van der Waals surface area contributed by atoms with Gasteiger partial charge in [0.25, 0.3) is 5.91 Å². The molecule has 6 heteroatoms. The number of nitrogens with two attached hydrogens (primary N) is 1. The summed E-state index contributed by atoms with van der Waals surface area (Å²) in [5, 5.41) is 0. The summed E-state index contributed by atoms with van der Waals surface area (Å²) >= 11 is 0. The van der Waals surface area contributed by atoms with E-state index in [4.69, 9.17) is 10.2 Å². The molecular formula is C13H17N3O3. The van der Waals surface area contributed by atoms with Crippen LogP contribution in [-0.2, 0) is 0 Å². The molecule has 0 bridgehead atoms. The lowest BCUT2D eigenvalue weighted by Crippen LogP contribution is -2.33. The fraction of sp³-hybridized carbons (Fsp3) is 0.385. The first-order chi connectivity index (χ1) is 9.01. The molecule has 0 aliphatic heterocycles. The Morgan fingerprint density at radius 2 is 2.26 bits per heavy atom. The van der Waals surface area contributed by atoms with Crippen molar-refractivity contribution in [3.05, 3.63) is 34.3 Å². The van der Waals surface area contributed by atoms with E-state index in [2.05, 4.69) is 4.98 Å². The molecule has 1 atom stereocenters. The van der Waals surface area contributed by atoms with Gasteiger partial charge in [-0.05, 0) is 30.7 Å². The lowest BCUT2D eigenvalue weighted by atomic mass is 10.1. The smallest absolute Gasteiger partial charge is 0.408 e. The highest BCUT2D eigenvalue weighted by Gasteiger charge is 2.15. The maximum Gasteiger partial charge on any atom is 0.417 e. The standard InChI is InChI=1S/C13H17N3O3/c1-8(6-14)7-16(2)12(17)9-3-4-10-11(5-9)19-13(18)15-10/h3-5,8H,6-7,14H2,1-2H3,(H,15,18). The zero-order valence-electron chi connectivity index (χ0n) is 11.0. The molecule has 19 heavy (non-hydrogen) atoms. The highest BCUT2D eigenvalue weighted by molar-refractivity contribution is 5.96. The van der Waals surface area contributed by atoms with E-state index in [0.29, 0.717) is 29.8 Å². The minimum atomic E-state index is -0.523. The third kappa shape index (κ3) is 2.85. The van der Waals surface area contributed by atoms with Gasteiger partial charge in [-0.1, -0.05) is 6.92 Å². The van der Waals surface area contributed by atoms with Crippen molar-refractivity contribution >= 4 is 17.0 Å². The Labute approximate surface area is 110 Å². The average molecular weight is 263 g/mol. The van der Waals surface area contributed by atoms with Gasteiger partial charge in [-0.2, -0.15) is 0 Å². The van der Waals surface area contributed by atoms with Crippen LogP contribution in [0.2, 0.25) is 0 Å². The molecule has 1 aromatic carbocycles. The van der Waals surface area contributed by atoms with E-state index in [1.807, 2.05) is 6.92 Å². The number of aromatic nitrogens is 1. The third-order valence-corrected chi connectivity index (χ3v) is 3.00. The van der Waals surface area contributed by atoms with Crippen LogP contribution in [0, 0.1) is 5.92 Å². The van der Waals surface area contributed by atoms with Crippen molar-refractivity contribution in [2.75, 3.05) is 20.1 Å². The van der Waals surface area contributed by atoms with Gasteiger partial charge in [-0.15, -0.1) is 0 Å². The van der Waals surface area contributed by atoms with Gasteiger partial charge < -0.3 is 15.1 Å². The summed E-state index contributed by atoms with van der Waals surface area (Å²) in [7, 11) is 1.73. The van der Waals surface area contributed by atoms with E-state index in [1.165, 1.54) is 0 Å². The Morgan fingerprint density at radius 3 is 2.95 bits per heavy atom. The monoisotopic (exact) mass is 263 g/mol. The van der Waals surface area contributed by atoms with Crippen molar-refractivity contribution in [2.24, 2.45) is 11.7 Å². The van der Waals surface area contributed by atoms with Crippen LogP contribution in [0.5, 0.6) is 0 Å². The van der Waals surface area contributed by atoms with Crippen molar-refractivity contribution in [3.8, 4) is 0 Å². The minimum absolute atomic E-state index is 0.119. The molecular weight excluding hydrogens is 246 g/mol. The van der Waals surface area contributed by atoms with Crippen molar-refractivity contribution in [1.82, 2.24) is 9.88 Å². The summed E-state index contributed by atoms with van der Waals surface area (Å²) in [6, 6.07) is 4.90. The Hall–Kier alpha value is -2.08. The van der Waals surface area contributed by atoms with Crippen LogP contribution in [0.25, 0.3) is 11.1 Å². The summed E-state index contributed by atoms with van der Waals surface area (Å²) in [5.74, 6) is -0.404. The van der Waals surface area contributed by atoms with E-state index in [1.54, 1.807) is 30.1 Å². The third-order valence-electron chi connectivity index (χ3n) is 3.00. The van der Waals surface area contributed by atoms with Crippen LogP contribution in [0.1, 0.15) is 17.3 Å². The highest BCUT2D eigenvalue weighted by Crippen LogP contribution is 2.14. The molecule has 1 aromatic heterocycles. The fourth-order valence-corrected chi connectivity index (χ4v) is 1.92. The predicted molar refractivity (Wildman–Crippen MR) is 72.0 cm³/mol. The van der Waals surface area contributed by atoms with E-state index in [-0.39, 0.29) is 11.8 Å². The molecule has 0 fully saturated rings. The lowest BCUT2D eigenvalue weighted by Gasteiger charge is -2.20. The first-order valence-electron chi connectivity index (χ1n) is 6.09. The van der Waals surface area contributed by atoms with Crippen molar-refractivity contribution in [3.63, 3.8) is 0 Å². The zero-order valence-corrected chi connectivity index (χ0v) is 11.0. The van der Waals surface area contributed by atoms with E-state index < -0.39 is 5.76 Å². The topological polar surface area (TPSA) is 92.3 Å². The maximum absolute atomic E-state index is 12.2. The van der Waals surface area contributed by atoms with Gasteiger partial charge >= 0.3 is 5.76 Å². The molecule has 0 aliphatic rings. The van der Waals surface area contributed by atoms with Gasteiger partial charge in [0, 0.05) is 19.2 Å². The summed E-state index contributed by atoms with van der Waals surface area (Å²) in [5.41, 5.74) is 7.00. The van der Waals surface area contributed by atoms with Gasteiger partial charge in [0.1, 0.15) is 0 Å². The second kappa shape index (κ2) is 5.27. The van der Waals surface area contributed by atoms with Gasteiger partial charge in [-0.25, -0.2) is 4.79 Å². The summed E-state index contributed by atoms with van der Waals surface area (Å²) < 4.78 is 4.94. The number of nitrogens with one attached hydrogen (secondary N) is 1. The molecule has 0 saturated heterocycles. The number of nitrogens with zero attached hydrogens (tertiary/aromatic N) is 1. The number of H-pyrrole nitrogens is 1. The Kier molecular flexibility index (Phi) is 3.71. The molecule has 1 amide bonds. The van der Waals surface area contributed by atoms with Crippen LogP contribution in [0.3, 0.4) is 0 Å². The lowest BCUT2D eigenvalue weighted by molar-refractivity contribution is 0.0777. The van der Waals surface area contributed by atoms with Gasteiger partial charge in [-0.3, -0.25) is 9.78 Å². The first kappa shape index (κ1) is 13.4. The SMILES string of the molecule is CC(CN)CN(C)C(=O)c1ccc2[nH]c(=O)oc2c1. The van der Waals surface area contributed by atoms with Crippen molar-refractivity contribution in [1.29, 1.82) is 0 Å². The molecule has 1 heterocycles. The van der Waals surface area contributed by atoms with Crippen LogP contribution < -0.4 is 11.5 Å². The number of rotatable bonds is 4.